The zero-order valence-electron chi connectivity index (χ0n) is 6.84. The molecule has 0 spiro atoms. The van der Waals surface area contributed by atoms with Crippen molar-refractivity contribution in [2.24, 2.45) is 0 Å². The Kier molecular flexibility index (Phi) is 2.90. The Morgan fingerprint density at radius 2 is 1.69 bits per heavy atom. The second-order valence-corrected chi connectivity index (χ2v) is 4.27. The molecule has 0 atom stereocenters. The van der Waals surface area contributed by atoms with E-state index in [1.54, 1.807) is 12.1 Å². The molecular formula is C8H10O4S. The third-order valence-electron chi connectivity index (χ3n) is 1.59. The molecule has 0 aliphatic rings. The summed E-state index contributed by atoms with van der Waals surface area (Å²) in [5.41, 5.74) is 0.760. The Morgan fingerprint density at radius 3 is 2.15 bits per heavy atom. The highest BCUT2D eigenvalue weighted by atomic mass is 32.2. The van der Waals surface area contributed by atoms with Gasteiger partial charge in [-0.25, -0.2) is 0 Å². The lowest BCUT2D eigenvalue weighted by atomic mass is 10.2. The third kappa shape index (κ3) is 3.91. The van der Waals surface area contributed by atoms with Crippen molar-refractivity contribution < 1.29 is 18.1 Å². The molecular weight excluding hydrogens is 192 g/mol. The second-order valence-electron chi connectivity index (χ2n) is 2.70. The van der Waals surface area contributed by atoms with Crippen molar-refractivity contribution in [3.63, 3.8) is 0 Å². The molecule has 72 valence electrons. The van der Waals surface area contributed by atoms with Gasteiger partial charge < -0.3 is 5.11 Å². The molecule has 1 aromatic carbocycles. The van der Waals surface area contributed by atoms with Gasteiger partial charge in [0, 0.05) is 0 Å². The van der Waals surface area contributed by atoms with Crippen LogP contribution < -0.4 is 0 Å². The molecule has 0 bridgehead atoms. The Labute approximate surface area is 76.6 Å². The van der Waals surface area contributed by atoms with Crippen LogP contribution in [0.25, 0.3) is 0 Å². The monoisotopic (exact) mass is 202 g/mol. The van der Waals surface area contributed by atoms with E-state index in [9.17, 15) is 8.42 Å². The van der Waals surface area contributed by atoms with E-state index >= 15 is 0 Å². The molecule has 0 aliphatic carbocycles. The van der Waals surface area contributed by atoms with Crippen LogP contribution in [0.2, 0.25) is 0 Å². The zero-order chi connectivity index (χ0) is 9.90. The van der Waals surface area contributed by atoms with Gasteiger partial charge in [0.25, 0.3) is 10.1 Å². The second kappa shape index (κ2) is 3.76. The molecule has 1 aromatic rings. The summed E-state index contributed by atoms with van der Waals surface area (Å²) in [6.45, 7) is 0. The predicted octanol–water partition coefficient (Wildman–Crippen LogP) is 0.823. The van der Waals surface area contributed by atoms with Gasteiger partial charge in [0.05, 0.1) is 5.75 Å². The fraction of sp³-hybridized carbons (Fsp3) is 0.250. The minimum Gasteiger partial charge on any atom is -0.508 e. The SMILES string of the molecule is O=S(=O)(O)CCc1ccc(O)cc1. The van der Waals surface area contributed by atoms with Crippen LogP contribution in [-0.2, 0) is 16.5 Å². The van der Waals surface area contributed by atoms with E-state index < -0.39 is 10.1 Å². The highest BCUT2D eigenvalue weighted by Crippen LogP contribution is 2.10. The van der Waals surface area contributed by atoms with Crippen molar-refractivity contribution in [1.29, 1.82) is 0 Å². The highest BCUT2D eigenvalue weighted by molar-refractivity contribution is 7.85. The first kappa shape index (κ1) is 10.0. The summed E-state index contributed by atoms with van der Waals surface area (Å²) in [6.07, 6.45) is 0.249. The number of hydrogen-bond donors (Lipinski definition) is 2. The summed E-state index contributed by atoms with van der Waals surface area (Å²) in [5, 5.41) is 8.92. The van der Waals surface area contributed by atoms with E-state index in [0.717, 1.165) is 5.56 Å². The van der Waals surface area contributed by atoms with E-state index in [1.165, 1.54) is 12.1 Å². The number of phenolic OH excluding ortho intramolecular Hbond substituents is 1. The molecule has 0 fully saturated rings. The van der Waals surface area contributed by atoms with Gasteiger partial charge in [0.1, 0.15) is 5.75 Å². The fourth-order valence-corrected chi connectivity index (χ4v) is 1.40. The average molecular weight is 202 g/mol. The van der Waals surface area contributed by atoms with Crippen LogP contribution in [0.5, 0.6) is 5.75 Å². The Hall–Kier alpha value is -1.07. The molecule has 5 heteroatoms. The van der Waals surface area contributed by atoms with Gasteiger partial charge in [-0.1, -0.05) is 12.1 Å². The van der Waals surface area contributed by atoms with Crippen LogP contribution in [0.4, 0.5) is 0 Å². The van der Waals surface area contributed by atoms with Crippen LogP contribution in [0.3, 0.4) is 0 Å². The van der Waals surface area contributed by atoms with Crippen LogP contribution in [0.1, 0.15) is 5.56 Å². The summed E-state index contributed by atoms with van der Waals surface area (Å²) < 4.78 is 29.2. The standard InChI is InChI=1S/C8H10O4S/c9-8-3-1-7(2-4-8)5-6-13(10,11)12/h1-4,9H,5-6H2,(H,10,11,12). The lowest BCUT2D eigenvalue weighted by Gasteiger charge is -1.98. The molecule has 0 aromatic heterocycles. The number of rotatable bonds is 3. The third-order valence-corrected chi connectivity index (χ3v) is 2.31. The first-order valence-electron chi connectivity index (χ1n) is 3.70. The van der Waals surface area contributed by atoms with Crippen molar-refractivity contribution in [1.82, 2.24) is 0 Å². The van der Waals surface area contributed by atoms with Gasteiger partial charge in [-0.05, 0) is 24.1 Å². The van der Waals surface area contributed by atoms with E-state index in [2.05, 4.69) is 0 Å². The minimum atomic E-state index is -3.89. The van der Waals surface area contributed by atoms with Gasteiger partial charge in [-0.15, -0.1) is 0 Å². The Balaban J connectivity index is 2.61. The lowest BCUT2D eigenvalue weighted by molar-refractivity contribution is 0.475. The number of aryl methyl sites for hydroxylation is 1. The number of aromatic hydroxyl groups is 1. The topological polar surface area (TPSA) is 74.6 Å². The smallest absolute Gasteiger partial charge is 0.265 e. The van der Waals surface area contributed by atoms with Crippen LogP contribution in [0, 0.1) is 0 Å². The number of phenols is 1. The zero-order valence-corrected chi connectivity index (χ0v) is 7.66. The van der Waals surface area contributed by atoms with Crippen molar-refractivity contribution in [3.8, 4) is 5.75 Å². The maximum Gasteiger partial charge on any atom is 0.265 e. The van der Waals surface area contributed by atoms with Crippen LogP contribution >= 0.6 is 0 Å². The summed E-state index contributed by atoms with van der Waals surface area (Å²) in [4.78, 5) is 0. The lowest BCUT2D eigenvalue weighted by Crippen LogP contribution is -2.06. The normalized spacial score (nSPS) is 11.5. The largest absolute Gasteiger partial charge is 0.508 e. The van der Waals surface area contributed by atoms with Crippen molar-refractivity contribution >= 4 is 10.1 Å². The molecule has 0 unspecified atom stereocenters. The number of benzene rings is 1. The van der Waals surface area contributed by atoms with Crippen molar-refractivity contribution in [3.05, 3.63) is 29.8 Å². The molecule has 4 nitrogen and oxygen atoms in total. The predicted molar refractivity (Wildman–Crippen MR) is 48.2 cm³/mol. The molecule has 0 radical (unpaired) electrons. The number of hydrogen-bond acceptors (Lipinski definition) is 3. The first-order chi connectivity index (χ1) is 5.97. The van der Waals surface area contributed by atoms with Gasteiger partial charge in [-0.2, -0.15) is 8.42 Å². The summed E-state index contributed by atoms with van der Waals surface area (Å²) >= 11 is 0. The summed E-state index contributed by atoms with van der Waals surface area (Å²) in [7, 11) is -3.89. The molecule has 0 saturated carbocycles. The molecule has 1 rings (SSSR count). The quantitative estimate of drug-likeness (QED) is 0.712. The van der Waals surface area contributed by atoms with E-state index in [0.29, 0.717) is 0 Å². The fourth-order valence-electron chi connectivity index (χ4n) is 0.909. The minimum absolute atomic E-state index is 0.135. The van der Waals surface area contributed by atoms with Crippen molar-refractivity contribution in [2.45, 2.75) is 6.42 Å². The van der Waals surface area contributed by atoms with Crippen LogP contribution in [0.15, 0.2) is 24.3 Å². The summed E-state index contributed by atoms with van der Waals surface area (Å²) in [5.74, 6) is -0.159. The van der Waals surface area contributed by atoms with Gasteiger partial charge in [0.15, 0.2) is 0 Å². The highest BCUT2D eigenvalue weighted by Gasteiger charge is 2.04. The molecule has 0 saturated heterocycles. The maximum atomic E-state index is 10.4. The summed E-state index contributed by atoms with van der Waals surface area (Å²) in [6, 6.07) is 6.17. The molecule has 0 heterocycles. The average Bonchev–Trinajstić information content (AvgIpc) is 2.02. The van der Waals surface area contributed by atoms with Crippen LogP contribution in [-0.4, -0.2) is 23.8 Å². The maximum absolute atomic E-state index is 10.4. The van der Waals surface area contributed by atoms with Crippen molar-refractivity contribution in [2.75, 3.05) is 5.75 Å². The molecule has 13 heavy (non-hydrogen) atoms. The van der Waals surface area contributed by atoms with E-state index in [4.69, 9.17) is 9.66 Å². The molecule has 0 aliphatic heterocycles. The van der Waals surface area contributed by atoms with E-state index in [1.807, 2.05) is 0 Å². The Morgan fingerprint density at radius 1 is 1.15 bits per heavy atom. The molecule has 2 N–H and O–H groups in total. The molecule has 0 amide bonds. The van der Waals surface area contributed by atoms with Gasteiger partial charge in [0.2, 0.25) is 0 Å². The Bertz CT molecular complexity index is 366. The first-order valence-corrected chi connectivity index (χ1v) is 5.31. The van der Waals surface area contributed by atoms with Gasteiger partial charge in [-0.3, -0.25) is 4.55 Å². The van der Waals surface area contributed by atoms with E-state index in [-0.39, 0.29) is 17.9 Å². The van der Waals surface area contributed by atoms with Gasteiger partial charge >= 0.3 is 0 Å².